The second-order valence-corrected chi connectivity index (χ2v) is 4.52. The van der Waals surface area contributed by atoms with Crippen molar-refractivity contribution in [3.63, 3.8) is 0 Å². The van der Waals surface area contributed by atoms with Crippen LogP contribution in [0.1, 0.15) is 5.56 Å². The van der Waals surface area contributed by atoms with Gasteiger partial charge in [-0.3, -0.25) is 4.79 Å². The SMILES string of the molecule is CN(C)C=C1COCC(=Cc2ccccc2)C1=O. The van der Waals surface area contributed by atoms with Crippen LogP contribution >= 0.6 is 0 Å². The molecule has 1 aromatic rings. The van der Waals surface area contributed by atoms with Crippen molar-refractivity contribution in [2.45, 2.75) is 0 Å². The van der Waals surface area contributed by atoms with Crippen LogP contribution in [-0.4, -0.2) is 38.0 Å². The van der Waals surface area contributed by atoms with Gasteiger partial charge in [0.2, 0.25) is 0 Å². The van der Waals surface area contributed by atoms with E-state index in [9.17, 15) is 4.79 Å². The maximum absolute atomic E-state index is 12.2. The van der Waals surface area contributed by atoms with Gasteiger partial charge in [-0.15, -0.1) is 0 Å². The largest absolute Gasteiger partial charge is 0.383 e. The summed E-state index contributed by atoms with van der Waals surface area (Å²) < 4.78 is 5.45. The molecule has 0 atom stereocenters. The second kappa shape index (κ2) is 5.65. The molecule has 1 heterocycles. The Labute approximate surface area is 107 Å². The summed E-state index contributed by atoms with van der Waals surface area (Å²) >= 11 is 0. The molecule has 0 aromatic heterocycles. The van der Waals surface area contributed by atoms with Gasteiger partial charge in [0.1, 0.15) is 0 Å². The van der Waals surface area contributed by atoms with Crippen LogP contribution in [0.5, 0.6) is 0 Å². The summed E-state index contributed by atoms with van der Waals surface area (Å²) in [6.07, 6.45) is 3.71. The number of benzene rings is 1. The fraction of sp³-hybridized carbons (Fsp3) is 0.267. The highest BCUT2D eigenvalue weighted by Crippen LogP contribution is 2.17. The van der Waals surface area contributed by atoms with Gasteiger partial charge in [-0.2, -0.15) is 0 Å². The zero-order chi connectivity index (χ0) is 13.0. The first-order chi connectivity index (χ1) is 8.66. The molecule has 0 spiro atoms. The first-order valence-corrected chi connectivity index (χ1v) is 5.92. The monoisotopic (exact) mass is 243 g/mol. The summed E-state index contributed by atoms with van der Waals surface area (Å²) in [5.41, 5.74) is 2.43. The molecule has 0 radical (unpaired) electrons. The van der Waals surface area contributed by atoms with Crippen molar-refractivity contribution in [1.29, 1.82) is 0 Å². The normalized spacial score (nSPS) is 20.4. The van der Waals surface area contributed by atoms with Crippen LogP contribution in [0.3, 0.4) is 0 Å². The Morgan fingerprint density at radius 1 is 1.11 bits per heavy atom. The number of ketones is 1. The molecule has 3 heteroatoms. The van der Waals surface area contributed by atoms with E-state index >= 15 is 0 Å². The maximum atomic E-state index is 12.2. The summed E-state index contributed by atoms with van der Waals surface area (Å²) in [6.45, 7) is 0.779. The molecule has 1 saturated heterocycles. The highest BCUT2D eigenvalue weighted by Gasteiger charge is 2.21. The van der Waals surface area contributed by atoms with Gasteiger partial charge in [0, 0.05) is 31.4 Å². The highest BCUT2D eigenvalue weighted by molar-refractivity contribution is 6.11. The summed E-state index contributed by atoms with van der Waals surface area (Å²) in [4.78, 5) is 14.1. The van der Waals surface area contributed by atoms with Gasteiger partial charge in [0.15, 0.2) is 5.78 Å². The Hall–Kier alpha value is -1.87. The minimum Gasteiger partial charge on any atom is -0.383 e. The van der Waals surface area contributed by atoms with Crippen molar-refractivity contribution in [3.8, 4) is 0 Å². The standard InChI is InChI=1S/C15H17NO2/c1-16(2)9-14-11-18-10-13(15(14)17)8-12-6-4-3-5-7-12/h3-9H,10-11H2,1-2H3. The third-order valence-corrected chi connectivity index (χ3v) is 2.65. The Balaban J connectivity index is 2.24. The molecule has 0 amide bonds. The molecule has 18 heavy (non-hydrogen) atoms. The number of carbonyl (C=O) groups excluding carboxylic acids is 1. The Kier molecular flexibility index (Phi) is 3.95. The lowest BCUT2D eigenvalue weighted by Gasteiger charge is -2.19. The minimum atomic E-state index is 0.0822. The average Bonchev–Trinajstić information content (AvgIpc) is 2.35. The van der Waals surface area contributed by atoms with E-state index in [2.05, 4.69) is 0 Å². The molecule has 0 aliphatic carbocycles. The molecule has 1 aliphatic heterocycles. The van der Waals surface area contributed by atoms with Crippen LogP contribution in [0.2, 0.25) is 0 Å². The molecule has 0 saturated carbocycles. The molecule has 1 aliphatic rings. The number of hydrogen-bond donors (Lipinski definition) is 0. The zero-order valence-electron chi connectivity index (χ0n) is 10.7. The van der Waals surface area contributed by atoms with Crippen LogP contribution in [0.15, 0.2) is 47.7 Å². The summed E-state index contributed by atoms with van der Waals surface area (Å²) in [6, 6.07) is 9.82. The van der Waals surface area contributed by atoms with Gasteiger partial charge >= 0.3 is 0 Å². The first kappa shape index (κ1) is 12.6. The van der Waals surface area contributed by atoms with Crippen molar-refractivity contribution < 1.29 is 9.53 Å². The van der Waals surface area contributed by atoms with Crippen molar-refractivity contribution in [2.24, 2.45) is 0 Å². The van der Waals surface area contributed by atoms with E-state index in [1.807, 2.05) is 61.6 Å². The summed E-state index contributed by atoms with van der Waals surface area (Å²) in [5, 5.41) is 0. The number of ether oxygens (including phenoxy) is 1. The Bertz CT molecular complexity index is 486. The topological polar surface area (TPSA) is 29.5 Å². The van der Waals surface area contributed by atoms with Crippen molar-refractivity contribution in [1.82, 2.24) is 4.90 Å². The van der Waals surface area contributed by atoms with E-state index in [0.717, 1.165) is 5.56 Å². The fourth-order valence-corrected chi connectivity index (χ4v) is 1.87. The second-order valence-electron chi connectivity index (χ2n) is 4.52. The molecule has 1 aromatic carbocycles. The molecular formula is C15H17NO2. The molecule has 0 bridgehead atoms. The van der Waals surface area contributed by atoms with Crippen LogP contribution < -0.4 is 0 Å². The number of rotatable bonds is 2. The number of Topliss-reactive ketones (excluding diaryl/α,β-unsaturated/α-hetero) is 1. The molecule has 94 valence electrons. The lowest BCUT2D eigenvalue weighted by atomic mass is 10.0. The van der Waals surface area contributed by atoms with Gasteiger partial charge in [-0.05, 0) is 11.6 Å². The third kappa shape index (κ3) is 3.08. The number of nitrogens with zero attached hydrogens (tertiary/aromatic N) is 1. The lowest BCUT2D eigenvalue weighted by molar-refractivity contribution is -0.114. The third-order valence-electron chi connectivity index (χ3n) is 2.65. The van der Waals surface area contributed by atoms with Gasteiger partial charge in [-0.25, -0.2) is 0 Å². The van der Waals surface area contributed by atoms with Gasteiger partial charge in [0.05, 0.1) is 13.2 Å². The molecular weight excluding hydrogens is 226 g/mol. The van der Waals surface area contributed by atoms with Crippen LogP contribution in [0, 0.1) is 0 Å². The van der Waals surface area contributed by atoms with E-state index in [4.69, 9.17) is 4.74 Å². The van der Waals surface area contributed by atoms with E-state index in [-0.39, 0.29) is 5.78 Å². The van der Waals surface area contributed by atoms with E-state index in [1.54, 1.807) is 0 Å². The van der Waals surface area contributed by atoms with Gasteiger partial charge < -0.3 is 9.64 Å². The number of hydrogen-bond acceptors (Lipinski definition) is 3. The maximum Gasteiger partial charge on any atom is 0.191 e. The van der Waals surface area contributed by atoms with Gasteiger partial charge in [-0.1, -0.05) is 30.3 Å². The molecule has 1 fully saturated rings. The predicted octanol–water partition coefficient (Wildman–Crippen LogP) is 2.11. The quantitative estimate of drug-likeness (QED) is 0.745. The predicted molar refractivity (Wildman–Crippen MR) is 72.0 cm³/mol. The van der Waals surface area contributed by atoms with E-state index in [1.165, 1.54) is 0 Å². The average molecular weight is 243 g/mol. The first-order valence-electron chi connectivity index (χ1n) is 5.92. The molecule has 3 nitrogen and oxygen atoms in total. The lowest BCUT2D eigenvalue weighted by Crippen LogP contribution is -2.23. The molecule has 0 unspecified atom stereocenters. The van der Waals surface area contributed by atoms with Crippen LogP contribution in [-0.2, 0) is 9.53 Å². The highest BCUT2D eigenvalue weighted by atomic mass is 16.5. The minimum absolute atomic E-state index is 0.0822. The van der Waals surface area contributed by atoms with Crippen molar-refractivity contribution in [2.75, 3.05) is 27.3 Å². The van der Waals surface area contributed by atoms with Crippen molar-refractivity contribution in [3.05, 3.63) is 53.2 Å². The Morgan fingerprint density at radius 3 is 2.44 bits per heavy atom. The Morgan fingerprint density at radius 2 is 1.78 bits per heavy atom. The van der Waals surface area contributed by atoms with E-state index in [0.29, 0.717) is 24.4 Å². The van der Waals surface area contributed by atoms with E-state index < -0.39 is 0 Å². The van der Waals surface area contributed by atoms with Crippen molar-refractivity contribution >= 4 is 11.9 Å². The van der Waals surface area contributed by atoms with Gasteiger partial charge in [0.25, 0.3) is 0 Å². The van der Waals surface area contributed by atoms with Crippen LogP contribution in [0.25, 0.3) is 6.08 Å². The summed E-state index contributed by atoms with van der Waals surface area (Å²) in [5.74, 6) is 0.0822. The zero-order valence-corrected chi connectivity index (χ0v) is 10.7. The molecule has 0 N–H and O–H groups in total. The summed E-state index contributed by atoms with van der Waals surface area (Å²) in [7, 11) is 3.80. The van der Waals surface area contributed by atoms with Crippen LogP contribution in [0.4, 0.5) is 0 Å². The fourth-order valence-electron chi connectivity index (χ4n) is 1.87. The smallest absolute Gasteiger partial charge is 0.191 e. The molecule has 2 rings (SSSR count). The number of carbonyl (C=O) groups is 1.